The van der Waals surface area contributed by atoms with Gasteiger partial charge in [-0.1, -0.05) is 13.8 Å². The Morgan fingerprint density at radius 1 is 1.00 bits per heavy atom. The van der Waals surface area contributed by atoms with E-state index in [0.717, 1.165) is 25.4 Å². The molecule has 0 aromatic heterocycles. The van der Waals surface area contributed by atoms with E-state index in [-0.39, 0.29) is 5.54 Å². The predicted octanol–water partition coefficient (Wildman–Crippen LogP) is 4.25. The molecule has 150 valence electrons. The molecule has 1 saturated heterocycles. The zero-order valence-corrected chi connectivity index (χ0v) is 17.4. The number of morpholine rings is 1. The van der Waals surface area contributed by atoms with Crippen molar-refractivity contribution in [3.05, 3.63) is 24.3 Å². The average molecular weight is 372 g/mol. The van der Waals surface area contributed by atoms with Crippen LogP contribution in [0.25, 0.3) is 0 Å². The molecule has 1 heterocycles. The Bertz CT molecular complexity index is 634. The SMILES string of the molecule is CC1CC2CC(N)(C1)CC(C)C2Nc1ccc(N2CC(C)OC(C)C2)cc1. The van der Waals surface area contributed by atoms with Crippen LogP contribution < -0.4 is 16.0 Å². The molecule has 4 nitrogen and oxygen atoms in total. The van der Waals surface area contributed by atoms with Crippen LogP contribution >= 0.6 is 0 Å². The van der Waals surface area contributed by atoms with Crippen LogP contribution in [0.1, 0.15) is 53.4 Å². The Kier molecular flexibility index (Phi) is 5.15. The lowest BCUT2D eigenvalue weighted by Crippen LogP contribution is -2.57. The monoisotopic (exact) mass is 371 g/mol. The van der Waals surface area contributed by atoms with E-state index in [1.165, 1.54) is 30.6 Å². The topological polar surface area (TPSA) is 50.5 Å². The fraction of sp³-hybridized carbons (Fsp3) is 0.739. The third-order valence-electron chi connectivity index (χ3n) is 6.96. The van der Waals surface area contributed by atoms with Crippen molar-refractivity contribution < 1.29 is 4.74 Å². The Balaban J connectivity index is 1.44. The summed E-state index contributed by atoms with van der Waals surface area (Å²) in [7, 11) is 0. The van der Waals surface area contributed by atoms with Crippen molar-refractivity contribution in [2.75, 3.05) is 23.3 Å². The number of hydrogen-bond donors (Lipinski definition) is 2. The Morgan fingerprint density at radius 2 is 1.67 bits per heavy atom. The van der Waals surface area contributed by atoms with E-state index in [2.05, 4.69) is 62.2 Å². The number of nitrogens with two attached hydrogens (primary N) is 1. The van der Waals surface area contributed by atoms with Gasteiger partial charge >= 0.3 is 0 Å². The van der Waals surface area contributed by atoms with Crippen LogP contribution in [-0.4, -0.2) is 36.9 Å². The van der Waals surface area contributed by atoms with E-state index in [1.54, 1.807) is 0 Å². The number of anilines is 2. The zero-order valence-electron chi connectivity index (χ0n) is 17.4. The summed E-state index contributed by atoms with van der Waals surface area (Å²) >= 11 is 0. The highest BCUT2D eigenvalue weighted by Crippen LogP contribution is 2.47. The first kappa shape index (κ1) is 19.1. The molecular weight excluding hydrogens is 334 g/mol. The molecule has 2 aliphatic carbocycles. The van der Waals surface area contributed by atoms with Crippen molar-refractivity contribution in [2.45, 2.75) is 77.2 Å². The zero-order chi connectivity index (χ0) is 19.2. The lowest BCUT2D eigenvalue weighted by molar-refractivity contribution is -0.00521. The Hall–Kier alpha value is -1.26. The van der Waals surface area contributed by atoms with Crippen molar-refractivity contribution in [3.8, 4) is 0 Å². The van der Waals surface area contributed by atoms with Gasteiger partial charge in [-0.25, -0.2) is 0 Å². The van der Waals surface area contributed by atoms with E-state index in [4.69, 9.17) is 10.5 Å². The van der Waals surface area contributed by atoms with E-state index in [1.807, 2.05) is 0 Å². The van der Waals surface area contributed by atoms with E-state index >= 15 is 0 Å². The van der Waals surface area contributed by atoms with Crippen molar-refractivity contribution >= 4 is 11.4 Å². The summed E-state index contributed by atoms with van der Waals surface area (Å²) < 4.78 is 5.86. The smallest absolute Gasteiger partial charge is 0.0726 e. The number of nitrogens with one attached hydrogen (secondary N) is 1. The van der Waals surface area contributed by atoms with Gasteiger partial charge in [0.05, 0.1) is 12.2 Å². The molecule has 3 N–H and O–H groups in total. The van der Waals surface area contributed by atoms with Gasteiger partial charge in [0.25, 0.3) is 0 Å². The van der Waals surface area contributed by atoms with Crippen molar-refractivity contribution in [1.29, 1.82) is 0 Å². The third kappa shape index (κ3) is 4.12. The maximum absolute atomic E-state index is 6.72. The molecule has 27 heavy (non-hydrogen) atoms. The number of fused-ring (bicyclic) bond motifs is 2. The number of rotatable bonds is 3. The molecule has 7 atom stereocenters. The van der Waals surface area contributed by atoms with Gasteiger partial charge in [-0.15, -0.1) is 0 Å². The van der Waals surface area contributed by atoms with Crippen LogP contribution in [0.4, 0.5) is 11.4 Å². The lowest BCUT2D eigenvalue weighted by Gasteiger charge is -2.52. The predicted molar refractivity (Wildman–Crippen MR) is 113 cm³/mol. The van der Waals surface area contributed by atoms with Crippen LogP contribution in [0.5, 0.6) is 0 Å². The highest BCUT2D eigenvalue weighted by atomic mass is 16.5. The highest BCUT2D eigenvalue weighted by Gasteiger charge is 2.46. The molecule has 4 heteroatoms. The van der Waals surface area contributed by atoms with Crippen LogP contribution in [0.3, 0.4) is 0 Å². The highest BCUT2D eigenvalue weighted by molar-refractivity contribution is 5.56. The van der Waals surface area contributed by atoms with Crippen molar-refractivity contribution in [3.63, 3.8) is 0 Å². The fourth-order valence-corrected chi connectivity index (χ4v) is 6.27. The minimum atomic E-state index is 0.0769. The van der Waals surface area contributed by atoms with Crippen molar-refractivity contribution in [2.24, 2.45) is 23.5 Å². The molecule has 4 rings (SSSR count). The van der Waals surface area contributed by atoms with Gasteiger partial charge in [0.15, 0.2) is 0 Å². The summed E-state index contributed by atoms with van der Waals surface area (Å²) in [4.78, 5) is 2.44. The second-order valence-corrected chi connectivity index (χ2v) is 9.93. The molecule has 0 radical (unpaired) electrons. The molecule has 3 fully saturated rings. The minimum Gasteiger partial charge on any atom is -0.382 e. The molecule has 2 saturated carbocycles. The van der Waals surface area contributed by atoms with E-state index in [0.29, 0.717) is 30.1 Å². The van der Waals surface area contributed by atoms with Crippen LogP contribution in [0.2, 0.25) is 0 Å². The first-order valence-corrected chi connectivity index (χ1v) is 10.9. The standard InChI is InChI=1S/C23H37N3O/c1-15-9-19-12-23(24,10-15)11-16(2)22(19)25-20-5-7-21(8-6-20)26-13-17(3)27-18(4)14-26/h5-8,15-19,22,25H,9-14,24H2,1-4H3. The summed E-state index contributed by atoms with van der Waals surface area (Å²) in [5, 5.41) is 3.87. The maximum atomic E-state index is 6.72. The maximum Gasteiger partial charge on any atom is 0.0726 e. The molecule has 0 amide bonds. The normalized spacial score (nSPS) is 42.0. The van der Waals surface area contributed by atoms with Gasteiger partial charge < -0.3 is 20.7 Å². The van der Waals surface area contributed by atoms with Gasteiger partial charge in [-0.3, -0.25) is 0 Å². The number of hydrogen-bond acceptors (Lipinski definition) is 4. The van der Waals surface area contributed by atoms with E-state index in [9.17, 15) is 0 Å². The first-order valence-electron chi connectivity index (χ1n) is 10.9. The number of nitrogens with zero attached hydrogens (tertiary/aromatic N) is 1. The van der Waals surface area contributed by atoms with Crippen molar-refractivity contribution in [1.82, 2.24) is 0 Å². The van der Waals surface area contributed by atoms with Crippen LogP contribution in [0.15, 0.2) is 24.3 Å². The summed E-state index contributed by atoms with van der Waals surface area (Å²) in [6, 6.07) is 9.57. The number of benzene rings is 1. The molecule has 1 aromatic rings. The Labute approximate surface area is 164 Å². The molecule has 3 aliphatic rings. The fourth-order valence-electron chi connectivity index (χ4n) is 6.27. The average Bonchev–Trinajstić information content (AvgIpc) is 2.57. The molecule has 7 unspecified atom stereocenters. The quantitative estimate of drug-likeness (QED) is 0.834. The van der Waals surface area contributed by atoms with Gasteiger partial charge in [-0.2, -0.15) is 0 Å². The third-order valence-corrected chi connectivity index (χ3v) is 6.96. The van der Waals surface area contributed by atoms with Gasteiger partial charge in [0, 0.05) is 36.0 Å². The minimum absolute atomic E-state index is 0.0769. The summed E-state index contributed by atoms with van der Waals surface area (Å²) in [6.07, 6.45) is 5.42. The number of ether oxygens (including phenoxy) is 1. The molecule has 1 aliphatic heterocycles. The largest absolute Gasteiger partial charge is 0.382 e. The molecule has 2 bridgehead atoms. The second kappa shape index (κ2) is 7.29. The van der Waals surface area contributed by atoms with Crippen LogP contribution in [0, 0.1) is 17.8 Å². The molecule has 0 spiro atoms. The first-order chi connectivity index (χ1) is 12.8. The summed E-state index contributed by atoms with van der Waals surface area (Å²) in [5.41, 5.74) is 9.34. The lowest BCUT2D eigenvalue weighted by atomic mass is 9.59. The van der Waals surface area contributed by atoms with Gasteiger partial charge in [0.1, 0.15) is 0 Å². The van der Waals surface area contributed by atoms with Gasteiger partial charge in [-0.05, 0) is 81.5 Å². The van der Waals surface area contributed by atoms with Gasteiger partial charge in [0.2, 0.25) is 0 Å². The summed E-state index contributed by atoms with van der Waals surface area (Å²) in [6.45, 7) is 11.0. The second-order valence-electron chi connectivity index (χ2n) is 9.93. The Morgan fingerprint density at radius 3 is 2.33 bits per heavy atom. The molecule has 1 aromatic carbocycles. The summed E-state index contributed by atoms with van der Waals surface area (Å²) in [5.74, 6) is 2.07. The van der Waals surface area contributed by atoms with E-state index < -0.39 is 0 Å². The molecular formula is C23H37N3O. The van der Waals surface area contributed by atoms with Crippen LogP contribution in [-0.2, 0) is 4.74 Å².